The van der Waals surface area contributed by atoms with Crippen molar-refractivity contribution in [1.29, 1.82) is 5.26 Å². The molecule has 0 saturated carbocycles. The Morgan fingerprint density at radius 1 is 1.30 bits per heavy atom. The van der Waals surface area contributed by atoms with Gasteiger partial charge in [0.2, 0.25) is 10.0 Å². The van der Waals surface area contributed by atoms with Crippen LogP contribution in [0.5, 0.6) is 5.75 Å². The quantitative estimate of drug-likeness (QED) is 0.786. The van der Waals surface area contributed by atoms with E-state index in [1.807, 2.05) is 6.07 Å². The fraction of sp³-hybridized carbons (Fsp3) is 0.167. The van der Waals surface area contributed by atoms with Crippen LogP contribution in [0.3, 0.4) is 0 Å². The number of nitrogens with zero attached hydrogens (tertiary/aromatic N) is 2. The fourth-order valence-corrected chi connectivity index (χ4v) is 3.67. The number of hydrogen-bond acceptors (Lipinski definition) is 6. The predicted octanol–water partition coefficient (Wildman–Crippen LogP) is 1.05. The van der Waals surface area contributed by atoms with E-state index in [1.165, 1.54) is 31.4 Å². The van der Waals surface area contributed by atoms with E-state index in [-0.39, 0.29) is 34.7 Å². The Hall–Kier alpha value is -3.22. The highest BCUT2D eigenvalue weighted by atomic mass is 32.2. The van der Waals surface area contributed by atoms with Crippen LogP contribution < -0.4 is 9.88 Å². The lowest BCUT2D eigenvalue weighted by Gasteiger charge is -2.28. The number of carbonyl (C=O) groups is 2. The maximum atomic E-state index is 12.8. The molecule has 2 N–H and O–H groups in total. The minimum atomic E-state index is -4.02. The monoisotopic (exact) mass is 385 g/mol. The number of ether oxygens (including phenoxy) is 1. The van der Waals surface area contributed by atoms with Gasteiger partial charge in [0.25, 0.3) is 11.8 Å². The van der Waals surface area contributed by atoms with Crippen LogP contribution >= 0.6 is 0 Å². The molecule has 8 nitrogen and oxygen atoms in total. The van der Waals surface area contributed by atoms with Gasteiger partial charge in [0.1, 0.15) is 10.6 Å². The number of fused-ring (bicyclic) bond motifs is 1. The zero-order chi connectivity index (χ0) is 19.8. The number of nitrogens with two attached hydrogens (primary N) is 1. The molecular weight excluding hydrogens is 370 g/mol. The van der Waals surface area contributed by atoms with Crippen molar-refractivity contribution in [2.24, 2.45) is 5.14 Å². The third-order valence-corrected chi connectivity index (χ3v) is 5.19. The first-order chi connectivity index (χ1) is 12.8. The van der Waals surface area contributed by atoms with E-state index in [0.29, 0.717) is 11.1 Å². The van der Waals surface area contributed by atoms with Crippen molar-refractivity contribution in [2.45, 2.75) is 11.3 Å². The Labute approximate surface area is 155 Å². The summed E-state index contributed by atoms with van der Waals surface area (Å²) in [5, 5.41) is 14.2. The number of sulfonamides is 1. The van der Waals surface area contributed by atoms with Gasteiger partial charge in [0.15, 0.2) is 0 Å². The first-order valence-electron chi connectivity index (χ1n) is 7.86. The topological polar surface area (TPSA) is 131 Å². The molecule has 0 radical (unpaired) electrons. The van der Waals surface area contributed by atoms with Gasteiger partial charge in [-0.25, -0.2) is 13.6 Å². The van der Waals surface area contributed by atoms with Gasteiger partial charge in [0.05, 0.1) is 18.7 Å². The van der Waals surface area contributed by atoms with E-state index in [0.717, 1.165) is 4.90 Å². The Morgan fingerprint density at radius 2 is 2.04 bits per heavy atom. The molecule has 0 aromatic heterocycles. The highest BCUT2D eigenvalue weighted by Crippen LogP contribution is 2.30. The molecule has 0 atom stereocenters. The molecule has 2 aromatic rings. The molecule has 0 spiro atoms. The zero-order valence-electron chi connectivity index (χ0n) is 14.3. The Balaban J connectivity index is 2.01. The molecule has 0 bridgehead atoms. The molecule has 1 aliphatic heterocycles. The summed E-state index contributed by atoms with van der Waals surface area (Å²) in [4.78, 5) is 26.4. The minimum Gasteiger partial charge on any atom is -0.495 e. The number of amides is 2. The maximum Gasteiger partial charge on any atom is 0.261 e. The van der Waals surface area contributed by atoms with E-state index in [9.17, 15) is 18.0 Å². The van der Waals surface area contributed by atoms with E-state index in [4.69, 9.17) is 15.1 Å². The van der Waals surface area contributed by atoms with Gasteiger partial charge in [-0.15, -0.1) is 0 Å². The average Bonchev–Trinajstić information content (AvgIpc) is 2.66. The summed E-state index contributed by atoms with van der Waals surface area (Å²) < 4.78 is 28.5. The Bertz CT molecular complexity index is 1100. The summed E-state index contributed by atoms with van der Waals surface area (Å²) in [6.07, 6.45) is 0.275. The summed E-state index contributed by atoms with van der Waals surface area (Å²) >= 11 is 0. The molecule has 0 unspecified atom stereocenters. The van der Waals surface area contributed by atoms with E-state index < -0.39 is 21.8 Å². The molecule has 0 saturated heterocycles. The van der Waals surface area contributed by atoms with Crippen LogP contribution in [0.4, 0.5) is 0 Å². The van der Waals surface area contributed by atoms with Crippen LogP contribution in [-0.4, -0.2) is 38.8 Å². The third-order valence-electron chi connectivity index (χ3n) is 4.26. The smallest absolute Gasteiger partial charge is 0.261 e. The number of rotatable bonds is 3. The summed E-state index contributed by atoms with van der Waals surface area (Å²) in [5.74, 6) is -1.16. The van der Waals surface area contributed by atoms with Gasteiger partial charge in [-0.1, -0.05) is 6.07 Å². The first kappa shape index (κ1) is 18.6. The minimum absolute atomic E-state index is 0.0645. The zero-order valence-corrected chi connectivity index (χ0v) is 15.1. The molecule has 9 heteroatoms. The first-order valence-corrected chi connectivity index (χ1v) is 9.41. The van der Waals surface area contributed by atoms with Gasteiger partial charge in [-0.2, -0.15) is 5.26 Å². The van der Waals surface area contributed by atoms with Gasteiger partial charge < -0.3 is 4.74 Å². The largest absolute Gasteiger partial charge is 0.495 e. The van der Waals surface area contributed by atoms with Crippen LogP contribution in [-0.2, 0) is 16.4 Å². The van der Waals surface area contributed by atoms with Crippen molar-refractivity contribution >= 4 is 21.8 Å². The lowest BCUT2D eigenvalue weighted by atomic mass is 9.97. The van der Waals surface area contributed by atoms with Gasteiger partial charge in [-0.05, 0) is 42.3 Å². The van der Waals surface area contributed by atoms with Crippen molar-refractivity contribution in [2.75, 3.05) is 13.7 Å². The second kappa shape index (κ2) is 6.83. The molecule has 1 heterocycles. The van der Waals surface area contributed by atoms with Crippen LogP contribution in [0.1, 0.15) is 31.8 Å². The standard InChI is InChI=1S/C18H15N3O5S/c1-26-15-9-14-12(8-16(15)27(20,24)25)5-6-21(18(14)23)17(22)13-4-2-3-11(7-13)10-19/h2-4,7-9H,5-6H2,1H3,(H2,20,24,25). The lowest BCUT2D eigenvalue weighted by molar-refractivity contribution is 0.0604. The molecule has 3 rings (SSSR count). The molecule has 138 valence electrons. The van der Waals surface area contributed by atoms with Crippen LogP contribution in [0, 0.1) is 11.3 Å². The summed E-state index contributed by atoms with van der Waals surface area (Å²) in [7, 11) is -2.76. The van der Waals surface area contributed by atoms with Gasteiger partial charge in [-0.3, -0.25) is 14.5 Å². The molecule has 2 aromatic carbocycles. The maximum absolute atomic E-state index is 12.8. The van der Waals surface area contributed by atoms with Crippen LogP contribution in [0.25, 0.3) is 0 Å². The van der Waals surface area contributed by atoms with Gasteiger partial charge >= 0.3 is 0 Å². The summed E-state index contributed by atoms with van der Waals surface area (Å²) in [5.41, 5.74) is 1.18. The molecule has 2 amide bonds. The predicted molar refractivity (Wildman–Crippen MR) is 94.6 cm³/mol. The van der Waals surface area contributed by atoms with Crippen LogP contribution in [0.2, 0.25) is 0 Å². The number of methoxy groups -OCH3 is 1. The normalized spacial score (nSPS) is 13.7. The SMILES string of the molecule is COc1cc2c(cc1S(N)(=O)=O)CCN(C(=O)c1cccc(C#N)c1)C2=O. The van der Waals surface area contributed by atoms with E-state index in [1.54, 1.807) is 12.1 Å². The summed E-state index contributed by atoms with van der Waals surface area (Å²) in [6, 6.07) is 10.6. The average molecular weight is 385 g/mol. The highest BCUT2D eigenvalue weighted by Gasteiger charge is 2.32. The number of benzene rings is 2. The van der Waals surface area contributed by atoms with E-state index >= 15 is 0 Å². The molecule has 1 aliphatic rings. The number of primary sulfonamides is 1. The number of carbonyl (C=O) groups excluding carboxylic acids is 2. The van der Waals surface area contributed by atoms with Crippen molar-refractivity contribution in [3.63, 3.8) is 0 Å². The third kappa shape index (κ3) is 3.40. The summed E-state index contributed by atoms with van der Waals surface area (Å²) in [6.45, 7) is 0.0812. The number of imide groups is 1. The van der Waals surface area contributed by atoms with Crippen LogP contribution in [0.15, 0.2) is 41.3 Å². The molecule has 27 heavy (non-hydrogen) atoms. The second-order valence-corrected chi connectivity index (χ2v) is 7.44. The van der Waals surface area contributed by atoms with Gasteiger partial charge in [0, 0.05) is 17.7 Å². The van der Waals surface area contributed by atoms with Crippen molar-refractivity contribution < 1.29 is 22.7 Å². The lowest BCUT2D eigenvalue weighted by Crippen LogP contribution is -2.42. The highest BCUT2D eigenvalue weighted by molar-refractivity contribution is 7.89. The number of nitriles is 1. The Morgan fingerprint density at radius 3 is 2.67 bits per heavy atom. The van der Waals surface area contributed by atoms with Crippen molar-refractivity contribution in [3.8, 4) is 11.8 Å². The van der Waals surface area contributed by atoms with Crippen molar-refractivity contribution in [3.05, 3.63) is 58.7 Å². The number of hydrogen-bond donors (Lipinski definition) is 1. The second-order valence-electron chi connectivity index (χ2n) is 5.91. The van der Waals surface area contributed by atoms with Crippen molar-refractivity contribution in [1.82, 2.24) is 4.90 Å². The van der Waals surface area contributed by atoms with E-state index in [2.05, 4.69) is 0 Å². The Kier molecular flexibility index (Phi) is 4.70. The molecule has 0 fully saturated rings. The fourth-order valence-electron chi connectivity index (χ4n) is 2.94. The molecule has 0 aliphatic carbocycles. The molecular formula is C18H15N3O5S.